The zero-order chi connectivity index (χ0) is 33.9. The third-order valence-corrected chi connectivity index (χ3v) is 9.53. The number of carbonyl (C=O) groups excluding carboxylic acids is 3. The molecule has 3 heterocycles. The Bertz CT molecular complexity index is 2120. The van der Waals surface area contributed by atoms with E-state index in [1.165, 1.54) is 32.4 Å². The molecular weight excluding hydrogens is 636 g/mol. The van der Waals surface area contributed by atoms with Crippen LogP contribution in [0, 0.1) is 11.8 Å². The van der Waals surface area contributed by atoms with Crippen LogP contribution in [0.5, 0.6) is 17.2 Å². The summed E-state index contributed by atoms with van der Waals surface area (Å²) < 4.78 is 23.4. The number of carbonyl (C=O) groups is 3. The molecule has 0 bridgehead atoms. The normalized spacial score (nSPS) is 20.4. The Morgan fingerprint density at radius 1 is 0.854 bits per heavy atom. The van der Waals surface area contributed by atoms with Crippen molar-refractivity contribution in [3.8, 4) is 28.6 Å². The fourth-order valence-corrected chi connectivity index (χ4v) is 7.41. The summed E-state index contributed by atoms with van der Waals surface area (Å²) >= 11 is 6.41. The van der Waals surface area contributed by atoms with Crippen LogP contribution in [0.1, 0.15) is 24.8 Å². The van der Waals surface area contributed by atoms with E-state index in [1.807, 2.05) is 13.0 Å². The molecule has 3 unspecified atom stereocenters. The van der Waals surface area contributed by atoms with Crippen LogP contribution in [0.3, 0.4) is 0 Å². The number of allylic oxidation sites excluding steroid dienone is 2. The molecule has 11 heteroatoms. The molecule has 0 spiro atoms. The van der Waals surface area contributed by atoms with Crippen molar-refractivity contribution in [2.45, 2.75) is 19.3 Å². The van der Waals surface area contributed by atoms with Crippen molar-refractivity contribution in [1.82, 2.24) is 0 Å². The first-order valence-corrected chi connectivity index (χ1v) is 15.7. The molecule has 244 valence electrons. The van der Waals surface area contributed by atoms with Crippen molar-refractivity contribution in [1.29, 1.82) is 0 Å². The minimum Gasteiger partial charge on any atom is -0.497 e. The molecule has 0 saturated carbocycles. The molecule has 1 aliphatic carbocycles. The van der Waals surface area contributed by atoms with Crippen molar-refractivity contribution >= 4 is 51.7 Å². The van der Waals surface area contributed by atoms with E-state index in [1.54, 1.807) is 60.5 Å². The Morgan fingerprint density at radius 3 is 2.25 bits per heavy atom. The van der Waals surface area contributed by atoms with Crippen molar-refractivity contribution < 1.29 is 33.0 Å². The average molecular weight is 667 g/mol. The fourth-order valence-electron chi connectivity index (χ4n) is 7.24. The van der Waals surface area contributed by atoms with Gasteiger partial charge in [-0.25, -0.2) is 4.90 Å². The third-order valence-electron chi connectivity index (χ3n) is 9.30. The number of hydrogen-bond acceptors (Lipinski definition) is 8. The molecule has 0 radical (unpaired) electrons. The van der Waals surface area contributed by atoms with Gasteiger partial charge >= 0.3 is 0 Å². The number of methoxy groups -OCH3 is 3. The Balaban J connectivity index is 1.34. The minimum atomic E-state index is -0.575. The van der Waals surface area contributed by atoms with Crippen molar-refractivity contribution in [2.75, 3.05) is 37.7 Å². The number of anilines is 2. The molecule has 3 atom stereocenters. The number of hydrogen-bond donors (Lipinski definition) is 0. The van der Waals surface area contributed by atoms with Gasteiger partial charge in [0.1, 0.15) is 34.0 Å². The summed E-state index contributed by atoms with van der Waals surface area (Å²) in [6.45, 7) is 2.33. The minimum absolute atomic E-state index is 0.138. The van der Waals surface area contributed by atoms with E-state index < -0.39 is 23.7 Å². The predicted molar refractivity (Wildman–Crippen MR) is 181 cm³/mol. The van der Waals surface area contributed by atoms with Crippen LogP contribution in [0.2, 0.25) is 5.02 Å². The van der Waals surface area contributed by atoms with E-state index in [4.69, 9.17) is 30.2 Å². The highest BCUT2D eigenvalue weighted by Crippen LogP contribution is 2.53. The van der Waals surface area contributed by atoms with Crippen molar-refractivity contribution in [2.24, 2.45) is 11.8 Å². The van der Waals surface area contributed by atoms with E-state index in [9.17, 15) is 19.2 Å². The van der Waals surface area contributed by atoms with Crippen LogP contribution in [0.15, 0.2) is 87.6 Å². The number of amides is 3. The summed E-state index contributed by atoms with van der Waals surface area (Å²) in [7, 11) is 4.57. The van der Waals surface area contributed by atoms with Crippen LogP contribution in [-0.2, 0) is 14.4 Å². The van der Waals surface area contributed by atoms with Gasteiger partial charge in [0.15, 0.2) is 5.43 Å². The largest absolute Gasteiger partial charge is 0.497 e. The van der Waals surface area contributed by atoms with Crippen LogP contribution in [-0.4, -0.2) is 45.6 Å². The van der Waals surface area contributed by atoms with Gasteiger partial charge in [-0.1, -0.05) is 23.3 Å². The lowest BCUT2D eigenvalue weighted by Crippen LogP contribution is -2.34. The maximum Gasteiger partial charge on any atom is 0.258 e. The van der Waals surface area contributed by atoms with Crippen LogP contribution in [0.25, 0.3) is 22.3 Å². The van der Waals surface area contributed by atoms with Gasteiger partial charge in [0.05, 0.1) is 38.6 Å². The summed E-state index contributed by atoms with van der Waals surface area (Å²) in [5.41, 5.74) is 2.91. The van der Waals surface area contributed by atoms with Crippen molar-refractivity contribution in [3.63, 3.8) is 0 Å². The molecule has 10 nitrogen and oxygen atoms in total. The van der Waals surface area contributed by atoms with E-state index in [2.05, 4.69) is 0 Å². The Labute approximate surface area is 280 Å². The summed E-state index contributed by atoms with van der Waals surface area (Å²) in [6.07, 6.45) is 5.07. The summed E-state index contributed by atoms with van der Waals surface area (Å²) in [5, 5.41) is 0.588. The zero-order valence-corrected chi connectivity index (χ0v) is 27.4. The maximum atomic E-state index is 14.5. The number of benzene rings is 3. The second kappa shape index (κ2) is 12.0. The number of ether oxygens (including phenoxy) is 3. The molecule has 1 aromatic heterocycles. The van der Waals surface area contributed by atoms with E-state index in [0.717, 1.165) is 10.5 Å². The third kappa shape index (κ3) is 5.04. The van der Waals surface area contributed by atoms with Gasteiger partial charge in [-0.3, -0.25) is 19.2 Å². The number of nitrogens with zero attached hydrogens (tertiary/aromatic N) is 2. The smallest absolute Gasteiger partial charge is 0.258 e. The van der Waals surface area contributed by atoms with Gasteiger partial charge in [-0.15, -0.1) is 0 Å². The highest BCUT2D eigenvalue weighted by Gasteiger charge is 2.49. The second-order valence-electron chi connectivity index (χ2n) is 12.1. The first-order valence-electron chi connectivity index (χ1n) is 15.3. The molecular formula is C37H31ClN2O8. The molecule has 3 aromatic carbocycles. The number of rotatable bonds is 7. The lowest BCUT2D eigenvalue weighted by Gasteiger charge is -2.32. The summed E-state index contributed by atoms with van der Waals surface area (Å²) in [4.78, 5) is 56.3. The van der Waals surface area contributed by atoms with Gasteiger partial charge in [0, 0.05) is 52.9 Å². The summed E-state index contributed by atoms with van der Waals surface area (Å²) in [5.74, 6) is -0.747. The van der Waals surface area contributed by atoms with Crippen LogP contribution >= 0.6 is 11.6 Å². The molecule has 2 aliphatic heterocycles. The van der Waals surface area contributed by atoms with E-state index in [0.29, 0.717) is 52.1 Å². The van der Waals surface area contributed by atoms with Gasteiger partial charge < -0.3 is 23.5 Å². The molecule has 3 amide bonds. The molecule has 1 fully saturated rings. The lowest BCUT2D eigenvalue weighted by molar-refractivity contribution is -0.122. The Kier molecular flexibility index (Phi) is 7.83. The molecule has 0 N–H and O–H groups in total. The monoisotopic (exact) mass is 666 g/mol. The number of imide groups is 1. The molecule has 7 rings (SSSR count). The van der Waals surface area contributed by atoms with Gasteiger partial charge in [-0.2, -0.15) is 0 Å². The van der Waals surface area contributed by atoms with E-state index in [-0.39, 0.29) is 39.7 Å². The number of halogens is 1. The first kappa shape index (κ1) is 31.3. The highest BCUT2D eigenvalue weighted by atomic mass is 35.5. The molecule has 4 aromatic rings. The average Bonchev–Trinajstić information content (AvgIpc) is 3.60. The molecule has 1 saturated heterocycles. The first-order chi connectivity index (χ1) is 23.1. The van der Waals surface area contributed by atoms with Gasteiger partial charge in [-0.05, 0) is 61.7 Å². The fraction of sp³-hybridized carbons (Fsp3) is 0.243. The van der Waals surface area contributed by atoms with Gasteiger partial charge in [0.25, 0.3) is 11.8 Å². The predicted octanol–water partition coefficient (Wildman–Crippen LogP) is 6.28. The highest BCUT2D eigenvalue weighted by molar-refractivity contribution is 6.32. The van der Waals surface area contributed by atoms with Crippen LogP contribution < -0.4 is 29.4 Å². The topological polar surface area (TPSA) is 116 Å². The number of fused-ring (bicyclic) bond motifs is 2. The van der Waals surface area contributed by atoms with E-state index >= 15 is 0 Å². The Hall–Kier alpha value is -5.35. The van der Waals surface area contributed by atoms with Crippen LogP contribution in [0.4, 0.5) is 11.4 Å². The van der Waals surface area contributed by atoms with Gasteiger partial charge in [0.2, 0.25) is 5.91 Å². The molecule has 3 aliphatic rings. The second-order valence-corrected chi connectivity index (χ2v) is 12.5. The molecule has 48 heavy (non-hydrogen) atoms. The Morgan fingerprint density at radius 2 is 1.58 bits per heavy atom. The SMILES string of the molecule is COc1ccc(-c2cc(=O)c3c(OC)c(C4C=C(C)CC5CN(c6cc(Cl)ccc6N6C(=O)C=CC6=O)C(=O)C54)c(OC)cc3o2)cc1. The quantitative estimate of drug-likeness (QED) is 0.167. The maximum absolute atomic E-state index is 14.5. The van der Waals surface area contributed by atoms with Crippen molar-refractivity contribution in [3.05, 3.63) is 99.2 Å². The lowest BCUT2D eigenvalue weighted by atomic mass is 9.71. The standard InChI is InChI=1S/C37H31ClN2O8/c1-19-13-21-18-39(26-15-22(38)7-10-25(26)40-31(42)11-12-32(40)43)37(44)33(21)24(14-19)34-29(46-3)17-30-35(36(34)47-4)27(41)16-28(48-30)20-5-8-23(45-2)9-6-20/h5-12,14-17,21,24,33H,13,18H2,1-4H3. The summed E-state index contributed by atoms with van der Waals surface area (Å²) in [6, 6.07) is 15.0. The zero-order valence-electron chi connectivity index (χ0n) is 26.6.